The molecule has 3 rings (SSSR count). The summed E-state index contributed by atoms with van der Waals surface area (Å²) in [7, 11) is 0. The van der Waals surface area contributed by atoms with E-state index < -0.39 is 0 Å². The average Bonchev–Trinajstić information content (AvgIpc) is 2.91. The second kappa shape index (κ2) is 6.07. The van der Waals surface area contributed by atoms with Gasteiger partial charge in [-0.05, 0) is 42.7 Å². The van der Waals surface area contributed by atoms with Gasteiger partial charge in [0.15, 0.2) is 0 Å². The molecule has 0 spiro atoms. The zero-order valence-corrected chi connectivity index (χ0v) is 12.4. The van der Waals surface area contributed by atoms with Gasteiger partial charge in [0.05, 0.1) is 6.10 Å². The van der Waals surface area contributed by atoms with Crippen molar-refractivity contribution in [2.24, 2.45) is 0 Å². The van der Waals surface area contributed by atoms with Gasteiger partial charge in [-0.25, -0.2) is 0 Å². The Morgan fingerprint density at radius 1 is 1.37 bits per heavy atom. The van der Waals surface area contributed by atoms with Crippen molar-refractivity contribution in [1.82, 2.24) is 5.32 Å². The molecule has 0 saturated carbocycles. The third-order valence-corrected chi connectivity index (χ3v) is 3.99. The zero-order chi connectivity index (χ0) is 13.1. The lowest BCUT2D eigenvalue weighted by Gasteiger charge is -2.19. The number of nitrogens with one attached hydrogen (secondary N) is 1. The maximum absolute atomic E-state index is 5.75. The molecule has 0 amide bonds. The van der Waals surface area contributed by atoms with Gasteiger partial charge < -0.3 is 14.8 Å². The van der Waals surface area contributed by atoms with Crippen molar-refractivity contribution in [3.05, 3.63) is 33.8 Å². The van der Waals surface area contributed by atoms with E-state index in [0.717, 1.165) is 35.5 Å². The fourth-order valence-electron chi connectivity index (χ4n) is 2.50. The number of ether oxygens (including phenoxy) is 2. The summed E-state index contributed by atoms with van der Waals surface area (Å²) in [5.41, 5.74) is 2.43. The molecule has 1 N–H and O–H groups in total. The average molecular weight is 324 g/mol. The fraction of sp³-hybridized carbons (Fsp3) is 0.467. The number of hydrogen-bond acceptors (Lipinski definition) is 3. The highest BCUT2D eigenvalue weighted by Crippen LogP contribution is 2.28. The maximum Gasteiger partial charge on any atom is 0.127 e. The smallest absolute Gasteiger partial charge is 0.127 e. The second-order valence-corrected chi connectivity index (χ2v) is 5.96. The standard InChI is InChI=1S/C15H18BrNO2/c16-13-3-4-15-12(7-13)6-11(10-19-15)8-17-9-14-2-1-5-18-14/h3-4,6-7,14,17H,1-2,5,8-10H2. The topological polar surface area (TPSA) is 30.5 Å². The van der Waals surface area contributed by atoms with Gasteiger partial charge in [0.1, 0.15) is 12.4 Å². The molecule has 0 aromatic heterocycles. The fourth-order valence-corrected chi connectivity index (χ4v) is 2.88. The van der Waals surface area contributed by atoms with E-state index in [1.54, 1.807) is 0 Å². The molecule has 1 aromatic rings. The molecule has 1 unspecified atom stereocenters. The van der Waals surface area contributed by atoms with Gasteiger partial charge in [-0.15, -0.1) is 0 Å². The van der Waals surface area contributed by atoms with Gasteiger partial charge >= 0.3 is 0 Å². The summed E-state index contributed by atoms with van der Waals surface area (Å²) < 4.78 is 12.4. The largest absolute Gasteiger partial charge is 0.489 e. The molecule has 0 bridgehead atoms. The van der Waals surface area contributed by atoms with E-state index >= 15 is 0 Å². The van der Waals surface area contributed by atoms with Crippen LogP contribution in [0.4, 0.5) is 0 Å². The molecule has 1 saturated heterocycles. The van der Waals surface area contributed by atoms with Crippen molar-refractivity contribution in [1.29, 1.82) is 0 Å². The number of hydrogen-bond donors (Lipinski definition) is 1. The highest BCUT2D eigenvalue weighted by Gasteiger charge is 2.16. The minimum atomic E-state index is 0.395. The molecular weight excluding hydrogens is 306 g/mol. The van der Waals surface area contributed by atoms with E-state index in [2.05, 4.69) is 33.4 Å². The molecule has 4 heteroatoms. The van der Waals surface area contributed by atoms with E-state index in [1.165, 1.54) is 18.4 Å². The Kier molecular flexibility index (Phi) is 4.21. The minimum absolute atomic E-state index is 0.395. The molecule has 2 aliphatic rings. The van der Waals surface area contributed by atoms with Crippen LogP contribution < -0.4 is 10.1 Å². The first-order valence-corrected chi connectivity index (χ1v) is 7.55. The van der Waals surface area contributed by atoms with Crippen LogP contribution in [0.3, 0.4) is 0 Å². The second-order valence-electron chi connectivity index (χ2n) is 5.04. The van der Waals surface area contributed by atoms with Crippen LogP contribution in [-0.2, 0) is 4.74 Å². The Hall–Kier alpha value is -0.840. The van der Waals surface area contributed by atoms with Gasteiger partial charge in [0.25, 0.3) is 0 Å². The van der Waals surface area contributed by atoms with Crippen molar-refractivity contribution >= 4 is 22.0 Å². The summed E-state index contributed by atoms with van der Waals surface area (Å²) in [6.45, 7) is 3.39. The number of benzene rings is 1. The number of halogens is 1. The highest BCUT2D eigenvalue weighted by atomic mass is 79.9. The van der Waals surface area contributed by atoms with Crippen molar-refractivity contribution < 1.29 is 9.47 Å². The lowest BCUT2D eigenvalue weighted by molar-refractivity contribution is 0.110. The molecule has 1 aromatic carbocycles. The Bertz CT molecular complexity index is 481. The summed E-state index contributed by atoms with van der Waals surface area (Å²) in [5, 5.41) is 3.46. The van der Waals surface area contributed by atoms with Crippen LogP contribution in [0.1, 0.15) is 18.4 Å². The predicted octanol–water partition coefficient (Wildman–Crippen LogP) is 2.99. The lowest BCUT2D eigenvalue weighted by Crippen LogP contribution is -2.29. The molecule has 19 heavy (non-hydrogen) atoms. The molecule has 2 heterocycles. The van der Waals surface area contributed by atoms with Gasteiger partial charge in [-0.3, -0.25) is 0 Å². The summed E-state index contributed by atoms with van der Waals surface area (Å²) in [6.07, 6.45) is 4.98. The predicted molar refractivity (Wildman–Crippen MR) is 79.5 cm³/mol. The maximum atomic E-state index is 5.75. The summed E-state index contributed by atoms with van der Waals surface area (Å²) in [5.74, 6) is 0.964. The first kappa shape index (κ1) is 13.2. The van der Waals surface area contributed by atoms with Crippen LogP contribution in [0, 0.1) is 0 Å². The van der Waals surface area contributed by atoms with Crippen LogP contribution in [0.2, 0.25) is 0 Å². The van der Waals surface area contributed by atoms with Crippen LogP contribution in [0.25, 0.3) is 6.08 Å². The quantitative estimate of drug-likeness (QED) is 0.924. The van der Waals surface area contributed by atoms with Crippen molar-refractivity contribution in [3.8, 4) is 5.75 Å². The van der Waals surface area contributed by atoms with Gasteiger partial charge in [0, 0.05) is 29.7 Å². The molecule has 102 valence electrons. The first-order valence-electron chi connectivity index (χ1n) is 6.75. The summed E-state index contributed by atoms with van der Waals surface area (Å²) in [6, 6.07) is 6.11. The molecule has 3 nitrogen and oxygen atoms in total. The molecule has 1 atom stereocenters. The van der Waals surface area contributed by atoms with Crippen LogP contribution in [0.5, 0.6) is 5.75 Å². The Morgan fingerprint density at radius 3 is 3.16 bits per heavy atom. The Morgan fingerprint density at radius 2 is 2.32 bits per heavy atom. The van der Waals surface area contributed by atoms with Gasteiger partial charge in [0.2, 0.25) is 0 Å². The van der Waals surface area contributed by atoms with E-state index in [4.69, 9.17) is 9.47 Å². The molecule has 0 radical (unpaired) electrons. The van der Waals surface area contributed by atoms with Crippen molar-refractivity contribution in [3.63, 3.8) is 0 Å². The number of fused-ring (bicyclic) bond motifs is 1. The minimum Gasteiger partial charge on any atom is -0.489 e. The molecule has 2 aliphatic heterocycles. The third kappa shape index (κ3) is 3.38. The number of rotatable bonds is 4. The summed E-state index contributed by atoms with van der Waals surface area (Å²) >= 11 is 3.49. The Balaban J connectivity index is 1.56. The van der Waals surface area contributed by atoms with E-state index in [0.29, 0.717) is 12.7 Å². The lowest BCUT2D eigenvalue weighted by atomic mass is 10.1. The first-order chi connectivity index (χ1) is 9.31. The SMILES string of the molecule is Brc1ccc2c(c1)C=C(CNCC1CCCO1)CO2. The Labute approximate surface area is 122 Å². The van der Waals surface area contributed by atoms with Crippen molar-refractivity contribution in [2.75, 3.05) is 26.3 Å². The third-order valence-electron chi connectivity index (χ3n) is 3.49. The normalized spacial score (nSPS) is 21.7. The van der Waals surface area contributed by atoms with Gasteiger partial charge in [-0.1, -0.05) is 15.9 Å². The van der Waals surface area contributed by atoms with E-state index in [1.807, 2.05) is 12.1 Å². The zero-order valence-electron chi connectivity index (χ0n) is 10.8. The van der Waals surface area contributed by atoms with Crippen molar-refractivity contribution in [2.45, 2.75) is 18.9 Å². The van der Waals surface area contributed by atoms with Gasteiger partial charge in [-0.2, -0.15) is 0 Å². The molecule has 0 aliphatic carbocycles. The van der Waals surface area contributed by atoms with Crippen LogP contribution in [-0.4, -0.2) is 32.4 Å². The van der Waals surface area contributed by atoms with E-state index in [-0.39, 0.29) is 0 Å². The highest BCUT2D eigenvalue weighted by molar-refractivity contribution is 9.10. The van der Waals surface area contributed by atoms with Crippen LogP contribution in [0.15, 0.2) is 28.2 Å². The molecule has 1 fully saturated rings. The molecular formula is C15H18BrNO2. The monoisotopic (exact) mass is 323 g/mol. The van der Waals surface area contributed by atoms with E-state index in [9.17, 15) is 0 Å². The summed E-state index contributed by atoms with van der Waals surface area (Å²) in [4.78, 5) is 0. The van der Waals surface area contributed by atoms with Crippen LogP contribution >= 0.6 is 15.9 Å².